The van der Waals surface area contributed by atoms with E-state index < -0.39 is 12.1 Å². The fourth-order valence-electron chi connectivity index (χ4n) is 3.14. The topological polar surface area (TPSA) is 57.5 Å². The highest BCUT2D eigenvalue weighted by Crippen LogP contribution is 2.48. The van der Waals surface area contributed by atoms with Crippen LogP contribution in [-0.2, 0) is 4.79 Å². The molecule has 112 valence electrons. The smallest absolute Gasteiger partial charge is 0.303 e. The molecule has 0 spiro atoms. The van der Waals surface area contributed by atoms with E-state index in [9.17, 15) is 15.0 Å². The average Bonchev–Trinajstić information content (AvgIpc) is 2.70. The lowest BCUT2D eigenvalue weighted by Gasteiger charge is -2.37. The largest absolute Gasteiger partial charge is 0.481 e. The van der Waals surface area contributed by atoms with Crippen LogP contribution < -0.4 is 0 Å². The lowest BCUT2D eigenvalue weighted by atomic mass is 9.68. The van der Waals surface area contributed by atoms with Crippen molar-refractivity contribution in [3.63, 3.8) is 0 Å². The van der Waals surface area contributed by atoms with Crippen molar-refractivity contribution >= 4 is 49.2 Å². The Balaban J connectivity index is 2.14. The van der Waals surface area contributed by atoms with Crippen LogP contribution in [0.2, 0.25) is 0 Å². The van der Waals surface area contributed by atoms with E-state index in [0.29, 0.717) is 6.42 Å². The second kappa shape index (κ2) is 6.90. The average molecular weight is 426 g/mol. The van der Waals surface area contributed by atoms with Gasteiger partial charge in [-0.1, -0.05) is 19.3 Å². The summed E-state index contributed by atoms with van der Waals surface area (Å²) in [4.78, 5) is 12.0. The van der Waals surface area contributed by atoms with Crippen LogP contribution in [0, 0.1) is 5.41 Å². The van der Waals surface area contributed by atoms with Crippen LogP contribution in [-0.4, -0.2) is 16.2 Å². The number of carboxylic acids is 1. The summed E-state index contributed by atoms with van der Waals surface area (Å²) in [6.07, 6.45) is 5.20. The molecule has 0 bridgehead atoms. The zero-order valence-electron chi connectivity index (χ0n) is 11.1. The van der Waals surface area contributed by atoms with Crippen molar-refractivity contribution < 1.29 is 15.0 Å². The Bertz CT molecular complexity index is 481. The molecule has 0 radical (unpaired) electrons. The SMILES string of the molecule is O=C(O)CC1(CC(O)c2scc(Br)c2Br)CCCCC1. The Labute approximate surface area is 139 Å². The normalized spacial score (nSPS) is 19.8. The van der Waals surface area contributed by atoms with Gasteiger partial charge in [-0.15, -0.1) is 11.3 Å². The Morgan fingerprint density at radius 1 is 1.35 bits per heavy atom. The van der Waals surface area contributed by atoms with Crippen LogP contribution in [0.1, 0.15) is 55.9 Å². The molecule has 3 nitrogen and oxygen atoms in total. The van der Waals surface area contributed by atoms with Gasteiger partial charge in [0.1, 0.15) is 0 Å². The van der Waals surface area contributed by atoms with E-state index in [0.717, 1.165) is 39.5 Å². The Hall–Kier alpha value is 0.0900. The van der Waals surface area contributed by atoms with Crippen LogP contribution in [0.5, 0.6) is 0 Å². The third kappa shape index (κ3) is 3.84. The van der Waals surface area contributed by atoms with Gasteiger partial charge >= 0.3 is 5.97 Å². The summed E-state index contributed by atoms with van der Waals surface area (Å²) >= 11 is 8.39. The van der Waals surface area contributed by atoms with E-state index in [2.05, 4.69) is 31.9 Å². The summed E-state index contributed by atoms with van der Waals surface area (Å²) in [6, 6.07) is 0. The van der Waals surface area contributed by atoms with E-state index in [1.165, 1.54) is 17.8 Å². The Morgan fingerprint density at radius 2 is 2.00 bits per heavy atom. The number of carboxylic acid groups (broad SMARTS) is 1. The minimum Gasteiger partial charge on any atom is -0.481 e. The molecule has 0 aliphatic heterocycles. The lowest BCUT2D eigenvalue weighted by molar-refractivity contribution is -0.141. The quantitative estimate of drug-likeness (QED) is 0.687. The lowest BCUT2D eigenvalue weighted by Crippen LogP contribution is -2.29. The number of aliphatic carboxylic acids is 1. The molecule has 1 unspecified atom stereocenters. The van der Waals surface area contributed by atoms with Crippen molar-refractivity contribution in [2.45, 2.75) is 51.0 Å². The predicted molar refractivity (Wildman–Crippen MR) is 87.1 cm³/mol. The minimum atomic E-state index is -0.759. The minimum absolute atomic E-state index is 0.161. The van der Waals surface area contributed by atoms with Crippen LogP contribution in [0.4, 0.5) is 0 Å². The molecule has 1 fully saturated rings. The molecule has 0 saturated heterocycles. The van der Waals surface area contributed by atoms with E-state index in [1.807, 2.05) is 5.38 Å². The van der Waals surface area contributed by atoms with Crippen LogP contribution in [0.25, 0.3) is 0 Å². The molecule has 1 heterocycles. The maximum absolute atomic E-state index is 11.2. The molecule has 1 aromatic heterocycles. The van der Waals surface area contributed by atoms with Gasteiger partial charge in [-0.2, -0.15) is 0 Å². The zero-order valence-corrected chi connectivity index (χ0v) is 15.1. The molecule has 1 aromatic rings. The monoisotopic (exact) mass is 424 g/mol. The molecule has 6 heteroatoms. The summed E-state index contributed by atoms with van der Waals surface area (Å²) in [6.45, 7) is 0. The van der Waals surface area contributed by atoms with E-state index >= 15 is 0 Å². The van der Waals surface area contributed by atoms with Crippen molar-refractivity contribution in [3.8, 4) is 0 Å². The molecule has 1 aliphatic carbocycles. The molecule has 1 aliphatic rings. The first kappa shape index (κ1) is 16.5. The van der Waals surface area contributed by atoms with Crippen molar-refractivity contribution in [2.75, 3.05) is 0 Å². The highest BCUT2D eigenvalue weighted by Gasteiger charge is 2.37. The maximum atomic E-state index is 11.2. The Morgan fingerprint density at radius 3 is 2.50 bits per heavy atom. The van der Waals surface area contributed by atoms with Crippen molar-refractivity contribution in [2.24, 2.45) is 5.41 Å². The predicted octanol–water partition coefficient (Wildman–Crippen LogP) is 5.12. The molecular formula is C14H18Br2O3S. The van der Waals surface area contributed by atoms with Gasteiger partial charge in [0, 0.05) is 19.2 Å². The van der Waals surface area contributed by atoms with Crippen LogP contribution in [0.3, 0.4) is 0 Å². The summed E-state index contributed by atoms with van der Waals surface area (Å²) < 4.78 is 1.82. The van der Waals surface area contributed by atoms with Gasteiger partial charge in [0.2, 0.25) is 0 Å². The molecule has 1 atom stereocenters. The fraction of sp³-hybridized carbons (Fsp3) is 0.643. The highest BCUT2D eigenvalue weighted by molar-refractivity contribution is 9.13. The van der Waals surface area contributed by atoms with Crippen LogP contribution >= 0.6 is 43.2 Å². The number of thiophene rings is 1. The number of halogens is 2. The molecule has 20 heavy (non-hydrogen) atoms. The number of hydrogen-bond acceptors (Lipinski definition) is 3. The molecule has 0 amide bonds. The summed E-state index contributed by atoms with van der Waals surface area (Å²) in [5, 5.41) is 21.6. The zero-order chi connectivity index (χ0) is 14.8. The number of aliphatic hydroxyl groups excluding tert-OH is 1. The first-order chi connectivity index (χ1) is 9.43. The maximum Gasteiger partial charge on any atom is 0.303 e. The fourth-order valence-corrected chi connectivity index (χ4v) is 5.38. The van der Waals surface area contributed by atoms with Gasteiger partial charge in [0.05, 0.1) is 12.5 Å². The first-order valence-corrected chi connectivity index (χ1v) is 9.22. The van der Waals surface area contributed by atoms with E-state index in [1.54, 1.807) is 0 Å². The van der Waals surface area contributed by atoms with Gasteiger partial charge < -0.3 is 10.2 Å². The third-order valence-electron chi connectivity index (χ3n) is 4.08. The molecule has 2 N–H and O–H groups in total. The van der Waals surface area contributed by atoms with Gasteiger partial charge in [0.25, 0.3) is 0 Å². The molecule has 0 aromatic carbocycles. The summed E-state index contributed by atoms with van der Waals surface area (Å²) in [5.41, 5.74) is -0.251. The van der Waals surface area contributed by atoms with Gasteiger partial charge in [-0.25, -0.2) is 0 Å². The van der Waals surface area contributed by atoms with Gasteiger partial charge in [0.15, 0.2) is 0 Å². The van der Waals surface area contributed by atoms with Gasteiger partial charge in [-0.3, -0.25) is 4.79 Å². The standard InChI is InChI=1S/C14H18Br2O3S/c15-9-8-20-13(12(9)16)10(17)6-14(7-11(18)19)4-2-1-3-5-14/h8,10,17H,1-7H2,(H,18,19). The third-order valence-corrected chi connectivity index (χ3v) is 7.75. The number of hydrogen-bond donors (Lipinski definition) is 2. The molecular weight excluding hydrogens is 408 g/mol. The first-order valence-electron chi connectivity index (χ1n) is 6.76. The van der Waals surface area contributed by atoms with Gasteiger partial charge in [-0.05, 0) is 56.5 Å². The number of carbonyl (C=O) groups is 1. The van der Waals surface area contributed by atoms with Crippen molar-refractivity contribution in [3.05, 3.63) is 19.2 Å². The van der Waals surface area contributed by atoms with E-state index in [4.69, 9.17) is 0 Å². The molecule has 1 saturated carbocycles. The van der Waals surface area contributed by atoms with Crippen LogP contribution in [0.15, 0.2) is 14.3 Å². The molecule has 2 rings (SSSR count). The van der Waals surface area contributed by atoms with Crippen molar-refractivity contribution in [1.82, 2.24) is 0 Å². The van der Waals surface area contributed by atoms with E-state index in [-0.39, 0.29) is 11.8 Å². The number of aliphatic hydroxyl groups is 1. The summed E-state index contributed by atoms with van der Waals surface area (Å²) in [5.74, 6) is -0.759. The highest BCUT2D eigenvalue weighted by atomic mass is 79.9. The second-order valence-corrected chi connectivity index (χ2v) is 8.17. The second-order valence-electron chi connectivity index (χ2n) is 5.61. The van der Waals surface area contributed by atoms with Crippen molar-refractivity contribution in [1.29, 1.82) is 0 Å². The Kier molecular flexibility index (Phi) is 5.68. The summed E-state index contributed by atoms with van der Waals surface area (Å²) in [7, 11) is 0. The number of rotatable bonds is 5.